The van der Waals surface area contributed by atoms with Crippen LogP contribution in [0.1, 0.15) is 35.7 Å². The summed E-state index contributed by atoms with van der Waals surface area (Å²) in [7, 11) is 0. The summed E-state index contributed by atoms with van der Waals surface area (Å²) in [6, 6.07) is 9.62. The average Bonchev–Trinajstić information content (AvgIpc) is 3.47. The number of hydrogen-bond acceptors (Lipinski definition) is 6. The predicted octanol–water partition coefficient (Wildman–Crippen LogP) is 4.07. The van der Waals surface area contributed by atoms with Gasteiger partial charge in [-0.1, -0.05) is 17.4 Å². The topological polar surface area (TPSA) is 78.1 Å². The summed E-state index contributed by atoms with van der Waals surface area (Å²) < 4.78 is 10.4. The smallest absolute Gasteiger partial charge is 0.280 e. The number of ether oxygens (including phenoxy) is 1. The summed E-state index contributed by atoms with van der Waals surface area (Å²) in [5.41, 5.74) is 3.19. The summed E-state index contributed by atoms with van der Waals surface area (Å²) in [5, 5.41) is 9.56. The van der Waals surface area contributed by atoms with E-state index in [1.165, 1.54) is 11.3 Å². The molecule has 9 heteroatoms. The van der Waals surface area contributed by atoms with E-state index >= 15 is 0 Å². The Kier molecular flexibility index (Phi) is 6.03. The zero-order valence-electron chi connectivity index (χ0n) is 18.2. The summed E-state index contributed by atoms with van der Waals surface area (Å²) in [6.45, 7) is 10.2. The van der Waals surface area contributed by atoms with Crippen molar-refractivity contribution in [3.05, 3.63) is 53.6 Å². The molecule has 4 aromatic rings. The molecule has 1 amide bonds. The van der Waals surface area contributed by atoms with Gasteiger partial charge in [0.05, 0.1) is 23.5 Å². The van der Waals surface area contributed by atoms with E-state index in [9.17, 15) is 4.79 Å². The minimum atomic E-state index is -0.175. The molecule has 162 valence electrons. The van der Waals surface area contributed by atoms with Crippen molar-refractivity contribution >= 4 is 32.6 Å². The van der Waals surface area contributed by atoms with Crippen LogP contribution in [0.4, 0.5) is 5.13 Å². The molecule has 0 spiro atoms. The number of hydrogen-bond donors (Lipinski definition) is 0. The van der Waals surface area contributed by atoms with Gasteiger partial charge in [0.1, 0.15) is 11.3 Å². The number of fused-ring (bicyclic) bond motifs is 1. The van der Waals surface area contributed by atoms with Crippen molar-refractivity contribution in [1.82, 2.24) is 24.5 Å². The number of amides is 1. The third kappa shape index (κ3) is 4.32. The van der Waals surface area contributed by atoms with Crippen LogP contribution in [0.3, 0.4) is 0 Å². The van der Waals surface area contributed by atoms with E-state index in [1.807, 2.05) is 62.8 Å². The summed E-state index contributed by atoms with van der Waals surface area (Å²) in [5.74, 6) is 0.550. The first kappa shape index (κ1) is 21.0. The van der Waals surface area contributed by atoms with Crippen LogP contribution in [-0.2, 0) is 13.1 Å². The first-order valence-electron chi connectivity index (χ1n) is 10.4. The first-order chi connectivity index (χ1) is 15.0. The van der Waals surface area contributed by atoms with Crippen molar-refractivity contribution < 1.29 is 9.53 Å². The fourth-order valence-corrected chi connectivity index (χ4v) is 4.48. The second kappa shape index (κ2) is 8.89. The number of aromatic nitrogens is 5. The molecule has 0 radical (unpaired) electrons. The van der Waals surface area contributed by atoms with E-state index < -0.39 is 0 Å². The SMILES string of the molecule is CCOc1cccc2sc(N(CCn3nc(C)cc3C)C(=O)c3ccn(CC)n3)nc12. The average molecular weight is 439 g/mol. The van der Waals surface area contributed by atoms with Crippen LogP contribution in [0.2, 0.25) is 0 Å². The molecule has 0 aliphatic rings. The molecule has 1 aromatic carbocycles. The third-order valence-corrected chi connectivity index (χ3v) is 6.01. The predicted molar refractivity (Wildman–Crippen MR) is 122 cm³/mol. The number of para-hydroxylation sites is 1. The highest BCUT2D eigenvalue weighted by molar-refractivity contribution is 7.22. The van der Waals surface area contributed by atoms with E-state index in [-0.39, 0.29) is 5.91 Å². The van der Waals surface area contributed by atoms with E-state index in [0.29, 0.717) is 37.1 Å². The number of carbonyl (C=O) groups excluding carboxylic acids is 1. The number of aryl methyl sites for hydroxylation is 3. The Morgan fingerprint density at radius 2 is 2.03 bits per heavy atom. The Hall–Kier alpha value is -3.20. The number of rotatable bonds is 8. The molecule has 3 aromatic heterocycles. The number of benzene rings is 1. The lowest BCUT2D eigenvalue weighted by atomic mass is 10.3. The van der Waals surface area contributed by atoms with Crippen molar-refractivity contribution in [2.45, 2.75) is 40.8 Å². The fourth-order valence-electron chi connectivity index (χ4n) is 3.47. The molecule has 0 bridgehead atoms. The largest absolute Gasteiger partial charge is 0.492 e. The zero-order chi connectivity index (χ0) is 22.0. The van der Waals surface area contributed by atoms with E-state index in [4.69, 9.17) is 9.72 Å². The van der Waals surface area contributed by atoms with Gasteiger partial charge in [-0.3, -0.25) is 19.1 Å². The van der Waals surface area contributed by atoms with Gasteiger partial charge in [0.15, 0.2) is 10.8 Å². The quantitative estimate of drug-likeness (QED) is 0.414. The number of anilines is 1. The fraction of sp³-hybridized carbons (Fsp3) is 0.364. The van der Waals surface area contributed by atoms with Crippen molar-refractivity contribution in [3.63, 3.8) is 0 Å². The van der Waals surface area contributed by atoms with Crippen LogP contribution in [0.15, 0.2) is 36.5 Å². The molecule has 0 saturated carbocycles. The monoisotopic (exact) mass is 438 g/mol. The molecule has 0 N–H and O–H groups in total. The number of carbonyl (C=O) groups is 1. The minimum Gasteiger partial charge on any atom is -0.492 e. The molecule has 0 fully saturated rings. The van der Waals surface area contributed by atoms with Crippen molar-refractivity contribution in [2.24, 2.45) is 0 Å². The van der Waals surface area contributed by atoms with Gasteiger partial charge in [0.2, 0.25) is 0 Å². The lowest BCUT2D eigenvalue weighted by Crippen LogP contribution is -2.34. The molecule has 4 rings (SSSR count). The maximum atomic E-state index is 13.4. The van der Waals surface area contributed by atoms with Gasteiger partial charge in [-0.05, 0) is 52.0 Å². The highest BCUT2D eigenvalue weighted by Gasteiger charge is 2.24. The molecule has 0 aliphatic carbocycles. The molecular formula is C22H26N6O2S. The lowest BCUT2D eigenvalue weighted by molar-refractivity contribution is 0.0980. The summed E-state index contributed by atoms with van der Waals surface area (Å²) >= 11 is 1.48. The molecule has 0 atom stereocenters. The highest BCUT2D eigenvalue weighted by atomic mass is 32.1. The van der Waals surface area contributed by atoms with E-state index in [2.05, 4.69) is 10.2 Å². The second-order valence-corrected chi connectivity index (χ2v) is 8.21. The molecule has 8 nitrogen and oxygen atoms in total. The molecule has 0 aliphatic heterocycles. The Morgan fingerprint density at radius 1 is 1.19 bits per heavy atom. The molecule has 3 heterocycles. The van der Waals surface area contributed by atoms with E-state index in [0.717, 1.165) is 27.4 Å². The van der Waals surface area contributed by atoms with Gasteiger partial charge in [0.25, 0.3) is 5.91 Å². The Labute approximate surface area is 185 Å². The summed E-state index contributed by atoms with van der Waals surface area (Å²) in [6.07, 6.45) is 1.82. The van der Waals surface area contributed by atoms with Crippen LogP contribution in [0.25, 0.3) is 10.2 Å². The minimum absolute atomic E-state index is 0.175. The summed E-state index contributed by atoms with van der Waals surface area (Å²) in [4.78, 5) is 19.9. The third-order valence-electron chi connectivity index (χ3n) is 4.97. The lowest BCUT2D eigenvalue weighted by Gasteiger charge is -2.19. The molecular weight excluding hydrogens is 412 g/mol. The Morgan fingerprint density at radius 3 is 2.71 bits per heavy atom. The Balaban J connectivity index is 1.70. The van der Waals surface area contributed by atoms with Gasteiger partial charge in [-0.25, -0.2) is 4.98 Å². The second-order valence-electron chi connectivity index (χ2n) is 7.20. The van der Waals surface area contributed by atoms with Gasteiger partial charge < -0.3 is 4.74 Å². The highest BCUT2D eigenvalue weighted by Crippen LogP contribution is 2.34. The van der Waals surface area contributed by atoms with Crippen molar-refractivity contribution in [1.29, 1.82) is 0 Å². The van der Waals surface area contributed by atoms with Crippen LogP contribution in [-0.4, -0.2) is 43.6 Å². The van der Waals surface area contributed by atoms with Crippen LogP contribution in [0, 0.1) is 13.8 Å². The standard InChI is InChI=1S/C22H26N6O2S/c1-5-26-11-10-17(25-26)21(29)27(12-13-28-16(4)14-15(3)24-28)22-23-20-18(30-6-2)8-7-9-19(20)31-22/h7-11,14H,5-6,12-13H2,1-4H3. The molecule has 0 unspecified atom stereocenters. The molecule has 0 saturated heterocycles. The van der Waals surface area contributed by atoms with Crippen LogP contribution < -0.4 is 9.64 Å². The van der Waals surface area contributed by atoms with Crippen LogP contribution in [0.5, 0.6) is 5.75 Å². The normalized spacial score (nSPS) is 11.2. The van der Waals surface area contributed by atoms with Gasteiger partial charge >= 0.3 is 0 Å². The maximum absolute atomic E-state index is 13.4. The van der Waals surface area contributed by atoms with Crippen LogP contribution >= 0.6 is 11.3 Å². The maximum Gasteiger partial charge on any atom is 0.280 e. The number of thiazole rings is 1. The van der Waals surface area contributed by atoms with Gasteiger partial charge in [-0.15, -0.1) is 0 Å². The Bertz CT molecular complexity index is 1210. The zero-order valence-corrected chi connectivity index (χ0v) is 19.0. The van der Waals surface area contributed by atoms with Gasteiger partial charge in [-0.2, -0.15) is 10.2 Å². The first-order valence-corrected chi connectivity index (χ1v) is 11.2. The van der Waals surface area contributed by atoms with Gasteiger partial charge in [0, 0.05) is 25.0 Å². The van der Waals surface area contributed by atoms with Crippen molar-refractivity contribution in [3.8, 4) is 5.75 Å². The van der Waals surface area contributed by atoms with E-state index in [1.54, 1.807) is 15.6 Å². The molecule has 31 heavy (non-hydrogen) atoms. The number of nitrogens with zero attached hydrogens (tertiary/aromatic N) is 6. The van der Waals surface area contributed by atoms with Crippen molar-refractivity contribution in [2.75, 3.05) is 18.1 Å².